The van der Waals surface area contributed by atoms with Gasteiger partial charge in [-0.25, -0.2) is 4.79 Å². The van der Waals surface area contributed by atoms with Crippen molar-refractivity contribution >= 4 is 27.9 Å². The molecule has 2 aromatic carbocycles. The SMILES string of the molecule is COc1cc2c(cc1C(=O)O)oc1ccccc12. The smallest absolute Gasteiger partial charge is 0.339 e. The van der Waals surface area contributed by atoms with E-state index in [9.17, 15) is 4.79 Å². The summed E-state index contributed by atoms with van der Waals surface area (Å²) in [7, 11) is 1.45. The van der Waals surface area contributed by atoms with Crippen LogP contribution in [0.3, 0.4) is 0 Å². The molecule has 0 bridgehead atoms. The highest BCUT2D eigenvalue weighted by Gasteiger charge is 2.16. The van der Waals surface area contributed by atoms with Crippen LogP contribution in [-0.4, -0.2) is 18.2 Å². The second kappa shape index (κ2) is 3.77. The molecule has 0 fully saturated rings. The molecule has 0 amide bonds. The molecule has 0 saturated carbocycles. The van der Waals surface area contributed by atoms with Crippen LogP contribution in [-0.2, 0) is 0 Å². The number of furan rings is 1. The molecular weight excluding hydrogens is 232 g/mol. The van der Waals surface area contributed by atoms with E-state index < -0.39 is 5.97 Å². The van der Waals surface area contributed by atoms with E-state index in [1.54, 1.807) is 6.07 Å². The van der Waals surface area contributed by atoms with Crippen LogP contribution in [0.2, 0.25) is 0 Å². The van der Waals surface area contributed by atoms with Gasteiger partial charge in [0, 0.05) is 10.8 Å². The van der Waals surface area contributed by atoms with Crippen molar-refractivity contribution in [2.45, 2.75) is 0 Å². The van der Waals surface area contributed by atoms with Crippen molar-refractivity contribution in [2.75, 3.05) is 7.11 Å². The highest BCUT2D eigenvalue weighted by Crippen LogP contribution is 2.33. The molecular formula is C14H10O4. The monoisotopic (exact) mass is 242 g/mol. The first-order valence-corrected chi connectivity index (χ1v) is 5.43. The van der Waals surface area contributed by atoms with E-state index in [-0.39, 0.29) is 5.56 Å². The maximum atomic E-state index is 11.1. The number of ether oxygens (including phenoxy) is 1. The van der Waals surface area contributed by atoms with E-state index in [2.05, 4.69) is 0 Å². The summed E-state index contributed by atoms with van der Waals surface area (Å²) in [6.07, 6.45) is 0. The fraction of sp³-hybridized carbons (Fsp3) is 0.0714. The van der Waals surface area contributed by atoms with E-state index in [0.29, 0.717) is 11.3 Å². The van der Waals surface area contributed by atoms with Gasteiger partial charge in [-0.05, 0) is 18.2 Å². The lowest BCUT2D eigenvalue weighted by atomic mass is 10.1. The van der Waals surface area contributed by atoms with Crippen LogP contribution in [0.1, 0.15) is 10.4 Å². The summed E-state index contributed by atoms with van der Waals surface area (Å²) < 4.78 is 10.7. The van der Waals surface area contributed by atoms with Crippen molar-refractivity contribution < 1.29 is 19.1 Å². The third-order valence-electron chi connectivity index (χ3n) is 2.93. The summed E-state index contributed by atoms with van der Waals surface area (Å²) in [6.45, 7) is 0. The topological polar surface area (TPSA) is 59.7 Å². The normalized spacial score (nSPS) is 10.9. The molecule has 0 atom stereocenters. The molecule has 0 aliphatic rings. The maximum Gasteiger partial charge on any atom is 0.339 e. The summed E-state index contributed by atoms with van der Waals surface area (Å²) in [6, 6.07) is 10.8. The van der Waals surface area contributed by atoms with Crippen LogP contribution >= 0.6 is 0 Å². The minimum absolute atomic E-state index is 0.101. The Bertz CT molecular complexity index is 755. The summed E-state index contributed by atoms with van der Waals surface area (Å²) in [5.74, 6) is -0.698. The van der Waals surface area contributed by atoms with Crippen molar-refractivity contribution in [2.24, 2.45) is 0 Å². The number of carbonyl (C=O) groups is 1. The molecule has 1 aromatic heterocycles. The number of rotatable bonds is 2. The molecule has 0 aliphatic heterocycles. The van der Waals surface area contributed by atoms with Crippen molar-refractivity contribution in [1.82, 2.24) is 0 Å². The number of carboxylic acids is 1. The molecule has 1 N–H and O–H groups in total. The molecule has 0 aliphatic carbocycles. The van der Waals surface area contributed by atoms with Gasteiger partial charge in [0.2, 0.25) is 0 Å². The van der Waals surface area contributed by atoms with Gasteiger partial charge in [-0.1, -0.05) is 18.2 Å². The number of fused-ring (bicyclic) bond motifs is 3. The fourth-order valence-corrected chi connectivity index (χ4v) is 2.09. The summed E-state index contributed by atoms with van der Waals surface area (Å²) in [5, 5.41) is 10.9. The average Bonchev–Trinajstić information content (AvgIpc) is 2.74. The fourth-order valence-electron chi connectivity index (χ4n) is 2.09. The molecule has 0 unspecified atom stereocenters. The van der Waals surface area contributed by atoms with E-state index >= 15 is 0 Å². The second-order valence-electron chi connectivity index (χ2n) is 3.95. The Kier molecular flexibility index (Phi) is 2.23. The van der Waals surface area contributed by atoms with Crippen molar-refractivity contribution in [1.29, 1.82) is 0 Å². The Labute approximate surface area is 102 Å². The minimum Gasteiger partial charge on any atom is -0.496 e. The van der Waals surface area contributed by atoms with Crippen LogP contribution in [0.5, 0.6) is 5.75 Å². The first-order chi connectivity index (χ1) is 8.70. The van der Waals surface area contributed by atoms with E-state index in [0.717, 1.165) is 16.4 Å². The molecule has 0 spiro atoms. The zero-order chi connectivity index (χ0) is 12.7. The Morgan fingerprint density at radius 1 is 1.17 bits per heavy atom. The van der Waals surface area contributed by atoms with Gasteiger partial charge in [0.05, 0.1) is 7.11 Å². The van der Waals surface area contributed by atoms with Crippen LogP contribution in [0.25, 0.3) is 21.9 Å². The quantitative estimate of drug-likeness (QED) is 0.749. The van der Waals surface area contributed by atoms with E-state index in [4.69, 9.17) is 14.3 Å². The molecule has 4 heteroatoms. The van der Waals surface area contributed by atoms with Crippen molar-refractivity contribution in [3.63, 3.8) is 0 Å². The summed E-state index contributed by atoms with van der Waals surface area (Å²) >= 11 is 0. The van der Waals surface area contributed by atoms with Crippen LogP contribution in [0.15, 0.2) is 40.8 Å². The maximum absolute atomic E-state index is 11.1. The van der Waals surface area contributed by atoms with Gasteiger partial charge in [0.15, 0.2) is 0 Å². The molecule has 0 saturated heterocycles. The third-order valence-corrected chi connectivity index (χ3v) is 2.93. The molecule has 18 heavy (non-hydrogen) atoms. The Morgan fingerprint density at radius 3 is 2.67 bits per heavy atom. The van der Waals surface area contributed by atoms with Gasteiger partial charge in [-0.3, -0.25) is 0 Å². The van der Waals surface area contributed by atoms with Gasteiger partial charge in [0.1, 0.15) is 22.5 Å². The molecule has 90 valence electrons. The summed E-state index contributed by atoms with van der Waals surface area (Å²) in [5.41, 5.74) is 1.38. The first-order valence-electron chi connectivity index (χ1n) is 5.43. The van der Waals surface area contributed by atoms with Crippen molar-refractivity contribution in [3.8, 4) is 5.75 Å². The van der Waals surface area contributed by atoms with Gasteiger partial charge < -0.3 is 14.3 Å². The zero-order valence-corrected chi connectivity index (χ0v) is 9.64. The molecule has 3 aromatic rings. The average molecular weight is 242 g/mol. The van der Waals surface area contributed by atoms with Gasteiger partial charge in [-0.15, -0.1) is 0 Å². The Balaban J connectivity index is 2.43. The number of aromatic carboxylic acids is 1. The number of benzene rings is 2. The Hall–Kier alpha value is -2.49. The highest BCUT2D eigenvalue weighted by atomic mass is 16.5. The number of para-hydroxylation sites is 1. The second-order valence-corrected chi connectivity index (χ2v) is 3.95. The minimum atomic E-state index is -1.03. The standard InChI is InChI=1S/C14H10O4/c1-17-12-6-9-8-4-2-3-5-11(8)18-13(9)7-10(12)14(15)16/h2-7H,1H3,(H,15,16). The van der Waals surface area contributed by atoms with Crippen molar-refractivity contribution in [3.05, 3.63) is 42.0 Å². The summed E-state index contributed by atoms with van der Waals surface area (Å²) in [4.78, 5) is 11.1. The molecule has 4 nitrogen and oxygen atoms in total. The number of carboxylic acid groups (broad SMARTS) is 1. The van der Waals surface area contributed by atoms with E-state index in [1.807, 2.05) is 24.3 Å². The number of hydrogen-bond acceptors (Lipinski definition) is 3. The van der Waals surface area contributed by atoms with Crippen LogP contribution < -0.4 is 4.74 Å². The highest BCUT2D eigenvalue weighted by molar-refractivity contribution is 6.08. The molecule has 1 heterocycles. The largest absolute Gasteiger partial charge is 0.496 e. The predicted molar refractivity (Wildman–Crippen MR) is 67.2 cm³/mol. The molecule has 0 radical (unpaired) electrons. The third kappa shape index (κ3) is 1.43. The lowest BCUT2D eigenvalue weighted by Crippen LogP contribution is -1.99. The number of methoxy groups -OCH3 is 1. The van der Waals surface area contributed by atoms with Crippen LogP contribution in [0.4, 0.5) is 0 Å². The Morgan fingerprint density at radius 2 is 1.94 bits per heavy atom. The lowest BCUT2D eigenvalue weighted by molar-refractivity contribution is 0.0693. The lowest BCUT2D eigenvalue weighted by Gasteiger charge is -2.04. The molecule has 3 rings (SSSR count). The van der Waals surface area contributed by atoms with E-state index in [1.165, 1.54) is 13.2 Å². The van der Waals surface area contributed by atoms with Gasteiger partial charge in [0.25, 0.3) is 0 Å². The first kappa shape index (κ1) is 10.7. The number of hydrogen-bond donors (Lipinski definition) is 1. The predicted octanol–water partition coefficient (Wildman–Crippen LogP) is 3.29. The van der Waals surface area contributed by atoms with Gasteiger partial charge in [-0.2, -0.15) is 0 Å². The zero-order valence-electron chi connectivity index (χ0n) is 9.64. The van der Waals surface area contributed by atoms with Crippen LogP contribution in [0, 0.1) is 0 Å². The van der Waals surface area contributed by atoms with Gasteiger partial charge >= 0.3 is 5.97 Å².